The third kappa shape index (κ3) is 2.07. The van der Waals surface area contributed by atoms with Crippen LogP contribution in [0.15, 0.2) is 24.3 Å². The monoisotopic (exact) mass is 223 g/mol. The van der Waals surface area contributed by atoms with Gasteiger partial charge >= 0.3 is 5.97 Å². The SMILES string of the molecule is O=C(O)C1(NCc2ccc(F)cc2)CCC1. The summed E-state index contributed by atoms with van der Waals surface area (Å²) in [4.78, 5) is 11.1. The van der Waals surface area contributed by atoms with E-state index in [4.69, 9.17) is 5.11 Å². The summed E-state index contributed by atoms with van der Waals surface area (Å²) in [7, 11) is 0. The summed E-state index contributed by atoms with van der Waals surface area (Å²) >= 11 is 0. The number of hydrogen-bond acceptors (Lipinski definition) is 2. The largest absolute Gasteiger partial charge is 0.480 e. The molecule has 0 aromatic heterocycles. The Balaban J connectivity index is 1.96. The molecule has 0 saturated heterocycles. The van der Waals surface area contributed by atoms with Crippen LogP contribution in [0, 0.1) is 5.82 Å². The van der Waals surface area contributed by atoms with E-state index in [-0.39, 0.29) is 5.82 Å². The van der Waals surface area contributed by atoms with E-state index in [9.17, 15) is 9.18 Å². The Bertz CT molecular complexity index is 385. The van der Waals surface area contributed by atoms with Crippen molar-refractivity contribution in [3.63, 3.8) is 0 Å². The lowest BCUT2D eigenvalue weighted by molar-refractivity contribution is -0.148. The number of aliphatic carboxylic acids is 1. The second-order valence-corrected chi connectivity index (χ2v) is 4.22. The summed E-state index contributed by atoms with van der Waals surface area (Å²) in [5, 5.41) is 12.1. The number of carboxylic acids is 1. The van der Waals surface area contributed by atoms with Crippen molar-refractivity contribution in [1.82, 2.24) is 5.32 Å². The molecule has 0 aliphatic heterocycles. The molecule has 2 N–H and O–H groups in total. The molecule has 2 rings (SSSR count). The summed E-state index contributed by atoms with van der Waals surface area (Å²) in [5.74, 6) is -1.07. The minimum Gasteiger partial charge on any atom is -0.480 e. The molecule has 0 atom stereocenters. The number of nitrogens with one attached hydrogen (secondary N) is 1. The summed E-state index contributed by atoms with van der Waals surface area (Å²) in [6, 6.07) is 6.09. The first-order valence-electron chi connectivity index (χ1n) is 5.35. The lowest BCUT2D eigenvalue weighted by atomic mass is 9.76. The normalized spacial score (nSPS) is 17.8. The van der Waals surface area contributed by atoms with Gasteiger partial charge in [-0.3, -0.25) is 10.1 Å². The van der Waals surface area contributed by atoms with Gasteiger partial charge in [0.2, 0.25) is 0 Å². The quantitative estimate of drug-likeness (QED) is 0.819. The van der Waals surface area contributed by atoms with Crippen molar-refractivity contribution in [2.24, 2.45) is 0 Å². The highest BCUT2D eigenvalue weighted by Crippen LogP contribution is 2.32. The number of rotatable bonds is 4. The van der Waals surface area contributed by atoms with Gasteiger partial charge in [-0.25, -0.2) is 4.39 Å². The summed E-state index contributed by atoms with van der Waals surface area (Å²) < 4.78 is 12.7. The highest BCUT2D eigenvalue weighted by atomic mass is 19.1. The molecule has 1 aromatic rings. The Morgan fingerprint density at radius 1 is 1.38 bits per heavy atom. The van der Waals surface area contributed by atoms with Gasteiger partial charge in [-0.05, 0) is 37.0 Å². The zero-order valence-electron chi connectivity index (χ0n) is 8.87. The van der Waals surface area contributed by atoms with E-state index in [1.54, 1.807) is 12.1 Å². The fourth-order valence-electron chi connectivity index (χ4n) is 1.87. The Morgan fingerprint density at radius 2 is 2.00 bits per heavy atom. The molecule has 0 amide bonds. The average molecular weight is 223 g/mol. The topological polar surface area (TPSA) is 49.3 Å². The van der Waals surface area contributed by atoms with Gasteiger partial charge in [-0.15, -0.1) is 0 Å². The van der Waals surface area contributed by atoms with Gasteiger partial charge in [-0.2, -0.15) is 0 Å². The second-order valence-electron chi connectivity index (χ2n) is 4.22. The summed E-state index contributed by atoms with van der Waals surface area (Å²) in [6.45, 7) is 0.465. The minimum absolute atomic E-state index is 0.277. The van der Waals surface area contributed by atoms with Crippen molar-refractivity contribution in [3.05, 3.63) is 35.6 Å². The van der Waals surface area contributed by atoms with Crippen LogP contribution in [0.1, 0.15) is 24.8 Å². The number of carbonyl (C=O) groups is 1. The zero-order valence-corrected chi connectivity index (χ0v) is 8.87. The van der Waals surface area contributed by atoms with Crippen molar-refractivity contribution in [3.8, 4) is 0 Å². The van der Waals surface area contributed by atoms with Crippen LogP contribution in [-0.2, 0) is 11.3 Å². The van der Waals surface area contributed by atoms with Gasteiger partial charge < -0.3 is 5.11 Å². The highest BCUT2D eigenvalue weighted by molar-refractivity contribution is 5.79. The molecule has 1 aromatic carbocycles. The van der Waals surface area contributed by atoms with E-state index < -0.39 is 11.5 Å². The van der Waals surface area contributed by atoms with Crippen molar-refractivity contribution in [1.29, 1.82) is 0 Å². The molecule has 86 valence electrons. The molecular weight excluding hydrogens is 209 g/mol. The van der Waals surface area contributed by atoms with Gasteiger partial charge in [0.05, 0.1) is 0 Å². The molecule has 0 unspecified atom stereocenters. The Morgan fingerprint density at radius 3 is 2.44 bits per heavy atom. The molecule has 1 aliphatic carbocycles. The summed E-state index contributed by atoms with van der Waals surface area (Å²) in [5.41, 5.74) is 0.142. The van der Waals surface area contributed by atoms with Crippen LogP contribution in [0.25, 0.3) is 0 Å². The highest BCUT2D eigenvalue weighted by Gasteiger charge is 2.43. The van der Waals surface area contributed by atoms with Gasteiger partial charge in [0.1, 0.15) is 11.4 Å². The van der Waals surface area contributed by atoms with E-state index in [0.29, 0.717) is 19.4 Å². The second kappa shape index (κ2) is 4.22. The maximum atomic E-state index is 12.7. The van der Waals surface area contributed by atoms with Gasteiger partial charge in [-0.1, -0.05) is 12.1 Å². The standard InChI is InChI=1S/C12H14FNO2/c13-10-4-2-9(3-5-10)8-14-12(11(15)16)6-1-7-12/h2-5,14H,1,6-8H2,(H,15,16). The van der Waals surface area contributed by atoms with Gasteiger partial charge in [0, 0.05) is 6.54 Å². The Labute approximate surface area is 93.3 Å². The first kappa shape index (κ1) is 11.1. The molecule has 0 heterocycles. The van der Waals surface area contributed by atoms with Gasteiger partial charge in [0.15, 0.2) is 0 Å². The molecule has 1 fully saturated rings. The molecule has 1 saturated carbocycles. The third-order valence-corrected chi connectivity index (χ3v) is 3.16. The van der Waals surface area contributed by atoms with Crippen molar-refractivity contribution in [2.45, 2.75) is 31.3 Å². The average Bonchev–Trinajstić information content (AvgIpc) is 2.18. The maximum absolute atomic E-state index is 12.7. The van der Waals surface area contributed by atoms with Crippen LogP contribution in [0.4, 0.5) is 4.39 Å². The van der Waals surface area contributed by atoms with Crippen molar-refractivity contribution in [2.75, 3.05) is 0 Å². The van der Waals surface area contributed by atoms with E-state index >= 15 is 0 Å². The third-order valence-electron chi connectivity index (χ3n) is 3.16. The number of benzene rings is 1. The smallest absolute Gasteiger partial charge is 0.323 e. The molecule has 16 heavy (non-hydrogen) atoms. The van der Waals surface area contributed by atoms with Crippen LogP contribution in [0.2, 0.25) is 0 Å². The predicted molar refractivity (Wildman–Crippen MR) is 57.5 cm³/mol. The first-order chi connectivity index (χ1) is 7.62. The lowest BCUT2D eigenvalue weighted by Gasteiger charge is -2.38. The minimum atomic E-state index is -0.791. The first-order valence-corrected chi connectivity index (χ1v) is 5.35. The molecule has 3 nitrogen and oxygen atoms in total. The Hall–Kier alpha value is -1.42. The number of carboxylic acid groups (broad SMARTS) is 1. The molecule has 0 radical (unpaired) electrons. The molecule has 0 spiro atoms. The molecule has 1 aliphatic rings. The molecular formula is C12H14FNO2. The van der Waals surface area contributed by atoms with E-state index in [1.807, 2.05) is 0 Å². The van der Waals surface area contributed by atoms with Crippen LogP contribution in [0.5, 0.6) is 0 Å². The van der Waals surface area contributed by atoms with Crippen LogP contribution in [0.3, 0.4) is 0 Å². The van der Waals surface area contributed by atoms with Crippen LogP contribution in [-0.4, -0.2) is 16.6 Å². The fourth-order valence-corrected chi connectivity index (χ4v) is 1.87. The predicted octanol–water partition coefficient (Wildman–Crippen LogP) is 1.92. The van der Waals surface area contributed by atoms with Crippen molar-refractivity contribution < 1.29 is 14.3 Å². The number of hydrogen-bond donors (Lipinski definition) is 2. The van der Waals surface area contributed by atoms with Crippen molar-refractivity contribution >= 4 is 5.97 Å². The summed E-state index contributed by atoms with van der Waals surface area (Å²) in [6.07, 6.45) is 2.29. The Kier molecular flexibility index (Phi) is 2.92. The van der Waals surface area contributed by atoms with Crippen LogP contribution >= 0.6 is 0 Å². The maximum Gasteiger partial charge on any atom is 0.323 e. The number of halogens is 1. The van der Waals surface area contributed by atoms with Gasteiger partial charge in [0.25, 0.3) is 0 Å². The molecule has 0 bridgehead atoms. The lowest BCUT2D eigenvalue weighted by Crippen LogP contribution is -2.56. The zero-order chi connectivity index (χ0) is 11.6. The van der Waals surface area contributed by atoms with Crippen LogP contribution < -0.4 is 5.32 Å². The van der Waals surface area contributed by atoms with E-state index in [0.717, 1.165) is 12.0 Å². The van der Waals surface area contributed by atoms with E-state index in [2.05, 4.69) is 5.32 Å². The molecule has 4 heteroatoms. The van der Waals surface area contributed by atoms with E-state index in [1.165, 1.54) is 12.1 Å². The fraction of sp³-hybridized carbons (Fsp3) is 0.417.